The fraction of sp³-hybridized carbons (Fsp3) is 0.320. The van der Waals surface area contributed by atoms with Crippen molar-refractivity contribution in [2.75, 3.05) is 0 Å². The Morgan fingerprint density at radius 2 is 1.71 bits per heavy atom. The Labute approximate surface area is 166 Å². The van der Waals surface area contributed by atoms with Crippen molar-refractivity contribution in [2.24, 2.45) is 0 Å². The van der Waals surface area contributed by atoms with E-state index in [4.69, 9.17) is 0 Å². The largest absolute Gasteiger partial charge is 0.361 e. The van der Waals surface area contributed by atoms with Crippen LogP contribution in [-0.4, -0.2) is 16.9 Å². The van der Waals surface area contributed by atoms with E-state index in [1.54, 1.807) is 0 Å². The number of carbonyl (C=O) groups excluding carboxylic acids is 1. The number of aromatic amines is 1. The lowest BCUT2D eigenvalue weighted by Crippen LogP contribution is -2.25. The molecule has 0 unspecified atom stereocenters. The molecular formula is C25H28N2O. The van der Waals surface area contributed by atoms with E-state index in [-0.39, 0.29) is 5.91 Å². The SMILES string of the molecule is C/C(=C\c1c(C)c(C)c(-c2ccc3[nH]ccc3c2)c(C)c1C)C(=O)NC1CC1. The molecule has 2 N–H and O–H groups in total. The van der Waals surface area contributed by atoms with Crippen molar-refractivity contribution in [1.29, 1.82) is 0 Å². The van der Waals surface area contributed by atoms with E-state index in [0.29, 0.717) is 6.04 Å². The van der Waals surface area contributed by atoms with Crippen molar-refractivity contribution in [3.63, 3.8) is 0 Å². The summed E-state index contributed by atoms with van der Waals surface area (Å²) in [6, 6.07) is 9.09. The first-order valence-electron chi connectivity index (χ1n) is 10.0. The predicted molar refractivity (Wildman–Crippen MR) is 117 cm³/mol. The topological polar surface area (TPSA) is 44.9 Å². The lowest BCUT2D eigenvalue weighted by Gasteiger charge is -2.20. The molecule has 1 fully saturated rings. The average Bonchev–Trinajstić information content (AvgIpc) is 3.36. The summed E-state index contributed by atoms with van der Waals surface area (Å²) in [5, 5.41) is 4.31. The summed E-state index contributed by atoms with van der Waals surface area (Å²) >= 11 is 0. The van der Waals surface area contributed by atoms with E-state index >= 15 is 0 Å². The maximum atomic E-state index is 12.4. The molecule has 2 aromatic carbocycles. The van der Waals surface area contributed by atoms with Gasteiger partial charge in [-0.25, -0.2) is 0 Å². The molecule has 1 saturated carbocycles. The second kappa shape index (κ2) is 6.97. The molecular weight excluding hydrogens is 344 g/mol. The smallest absolute Gasteiger partial charge is 0.247 e. The summed E-state index contributed by atoms with van der Waals surface area (Å²) in [5.74, 6) is 0.0543. The summed E-state index contributed by atoms with van der Waals surface area (Å²) in [6.45, 7) is 10.6. The van der Waals surface area contributed by atoms with Crippen molar-refractivity contribution in [3.05, 3.63) is 63.9 Å². The molecule has 0 bridgehead atoms. The van der Waals surface area contributed by atoms with E-state index in [1.807, 2.05) is 13.1 Å². The minimum Gasteiger partial charge on any atom is -0.361 e. The standard InChI is InChI=1S/C25H28N2O/c1-14(25(28)27-21-7-8-21)12-22-15(2)17(4)24(18(5)16(22)3)20-6-9-23-19(13-20)10-11-26-23/h6,9-13,21,26H,7-8H2,1-5H3,(H,27,28)/b14-12+. The third-order valence-electron chi connectivity index (χ3n) is 6.16. The monoisotopic (exact) mass is 372 g/mol. The zero-order chi connectivity index (χ0) is 20.0. The molecule has 4 rings (SSSR count). The lowest BCUT2D eigenvalue weighted by molar-refractivity contribution is -0.117. The fourth-order valence-corrected chi connectivity index (χ4v) is 4.01. The first kappa shape index (κ1) is 18.5. The van der Waals surface area contributed by atoms with Crippen molar-refractivity contribution in [2.45, 2.75) is 53.5 Å². The highest BCUT2D eigenvalue weighted by Gasteiger charge is 2.24. The van der Waals surface area contributed by atoms with E-state index in [1.165, 1.54) is 44.3 Å². The number of nitrogens with one attached hydrogen (secondary N) is 2. The van der Waals surface area contributed by atoms with Crippen LogP contribution in [0.3, 0.4) is 0 Å². The fourth-order valence-electron chi connectivity index (χ4n) is 4.01. The van der Waals surface area contributed by atoms with Crippen LogP contribution in [0.2, 0.25) is 0 Å². The quantitative estimate of drug-likeness (QED) is 0.563. The highest BCUT2D eigenvalue weighted by molar-refractivity contribution is 5.98. The van der Waals surface area contributed by atoms with Crippen molar-refractivity contribution in [3.8, 4) is 11.1 Å². The van der Waals surface area contributed by atoms with Gasteiger partial charge in [-0.2, -0.15) is 0 Å². The Morgan fingerprint density at radius 1 is 1.04 bits per heavy atom. The summed E-state index contributed by atoms with van der Waals surface area (Å²) < 4.78 is 0. The van der Waals surface area contributed by atoms with E-state index < -0.39 is 0 Å². The number of fused-ring (bicyclic) bond motifs is 1. The minimum atomic E-state index is 0.0543. The Bertz CT molecular complexity index is 1080. The van der Waals surface area contributed by atoms with Gasteiger partial charge in [0.15, 0.2) is 0 Å². The van der Waals surface area contributed by atoms with Gasteiger partial charge in [0.25, 0.3) is 0 Å². The summed E-state index contributed by atoms with van der Waals surface area (Å²) in [7, 11) is 0. The van der Waals surface area contributed by atoms with Gasteiger partial charge >= 0.3 is 0 Å². The number of H-pyrrole nitrogens is 1. The van der Waals surface area contributed by atoms with Gasteiger partial charge < -0.3 is 10.3 Å². The van der Waals surface area contributed by atoms with Crippen LogP contribution in [0.4, 0.5) is 0 Å². The lowest BCUT2D eigenvalue weighted by atomic mass is 9.85. The number of carbonyl (C=O) groups is 1. The van der Waals surface area contributed by atoms with Crippen molar-refractivity contribution >= 4 is 22.9 Å². The Balaban J connectivity index is 1.79. The highest BCUT2D eigenvalue weighted by atomic mass is 16.1. The molecule has 3 nitrogen and oxygen atoms in total. The average molecular weight is 373 g/mol. The first-order valence-corrected chi connectivity index (χ1v) is 10.0. The first-order chi connectivity index (χ1) is 13.4. The molecule has 0 aliphatic heterocycles. The third-order valence-corrected chi connectivity index (χ3v) is 6.16. The van der Waals surface area contributed by atoms with E-state index in [2.05, 4.69) is 68.3 Å². The summed E-state index contributed by atoms with van der Waals surface area (Å²) in [4.78, 5) is 15.7. The van der Waals surface area contributed by atoms with Crippen LogP contribution in [0.15, 0.2) is 36.0 Å². The zero-order valence-corrected chi connectivity index (χ0v) is 17.4. The molecule has 1 aliphatic rings. The molecule has 0 saturated heterocycles. The second-order valence-corrected chi connectivity index (χ2v) is 8.14. The van der Waals surface area contributed by atoms with Gasteiger partial charge in [0.1, 0.15) is 0 Å². The molecule has 3 aromatic rings. The molecule has 144 valence electrons. The third kappa shape index (κ3) is 3.26. The van der Waals surface area contributed by atoms with Crippen molar-refractivity contribution in [1.82, 2.24) is 10.3 Å². The maximum absolute atomic E-state index is 12.4. The number of hydrogen-bond acceptors (Lipinski definition) is 1. The molecule has 1 aromatic heterocycles. The number of hydrogen-bond donors (Lipinski definition) is 2. The van der Waals surface area contributed by atoms with Gasteiger partial charge in [-0.05, 0) is 116 Å². The van der Waals surface area contributed by atoms with Gasteiger partial charge in [-0.3, -0.25) is 4.79 Å². The molecule has 0 radical (unpaired) electrons. The zero-order valence-electron chi connectivity index (χ0n) is 17.4. The maximum Gasteiger partial charge on any atom is 0.247 e. The summed E-state index contributed by atoms with van der Waals surface area (Å²) in [6.07, 6.45) is 6.25. The Morgan fingerprint density at radius 3 is 2.36 bits per heavy atom. The van der Waals surface area contributed by atoms with Gasteiger partial charge in [-0.1, -0.05) is 6.07 Å². The number of amides is 1. The Kier molecular flexibility index (Phi) is 4.62. The molecule has 3 heteroatoms. The van der Waals surface area contributed by atoms with Crippen LogP contribution in [0.25, 0.3) is 28.1 Å². The molecule has 1 heterocycles. The summed E-state index contributed by atoms with van der Waals surface area (Å²) in [5.41, 5.74) is 10.7. The van der Waals surface area contributed by atoms with Crippen LogP contribution in [0, 0.1) is 27.7 Å². The van der Waals surface area contributed by atoms with Crippen molar-refractivity contribution < 1.29 is 4.79 Å². The molecule has 1 aliphatic carbocycles. The van der Waals surface area contributed by atoms with Crippen LogP contribution < -0.4 is 5.32 Å². The number of aromatic nitrogens is 1. The van der Waals surface area contributed by atoms with E-state index in [9.17, 15) is 4.79 Å². The van der Waals surface area contributed by atoms with Crippen LogP contribution in [-0.2, 0) is 4.79 Å². The van der Waals surface area contributed by atoms with Crippen LogP contribution in [0.5, 0.6) is 0 Å². The van der Waals surface area contributed by atoms with E-state index in [0.717, 1.165) is 23.9 Å². The van der Waals surface area contributed by atoms with Gasteiger partial charge in [0, 0.05) is 23.3 Å². The predicted octanol–water partition coefficient (Wildman–Crippen LogP) is 5.75. The van der Waals surface area contributed by atoms with Gasteiger partial charge in [0.2, 0.25) is 5.91 Å². The molecule has 0 spiro atoms. The molecule has 28 heavy (non-hydrogen) atoms. The van der Waals surface area contributed by atoms with Gasteiger partial charge in [-0.15, -0.1) is 0 Å². The Hall–Kier alpha value is -2.81. The van der Waals surface area contributed by atoms with Gasteiger partial charge in [0.05, 0.1) is 0 Å². The number of rotatable bonds is 4. The normalized spacial score (nSPS) is 14.5. The van der Waals surface area contributed by atoms with Crippen LogP contribution in [0.1, 0.15) is 47.6 Å². The number of benzene rings is 2. The minimum absolute atomic E-state index is 0.0543. The second-order valence-electron chi connectivity index (χ2n) is 8.14. The molecule has 1 amide bonds. The van der Waals surface area contributed by atoms with Crippen LogP contribution >= 0.6 is 0 Å². The molecule has 0 atom stereocenters. The highest BCUT2D eigenvalue weighted by Crippen LogP contribution is 2.36.